The van der Waals surface area contributed by atoms with Gasteiger partial charge in [-0.1, -0.05) is 24.9 Å². The Labute approximate surface area is 83.7 Å². The summed E-state index contributed by atoms with van der Waals surface area (Å²) in [6.07, 6.45) is 1.87. The van der Waals surface area contributed by atoms with Crippen LogP contribution in [0, 0.1) is 0 Å². The van der Waals surface area contributed by atoms with Crippen molar-refractivity contribution >= 4 is 12.8 Å². The van der Waals surface area contributed by atoms with E-state index in [1.807, 2.05) is 10.4 Å². The van der Waals surface area contributed by atoms with Gasteiger partial charge in [0.25, 0.3) is 0 Å². The van der Waals surface area contributed by atoms with Gasteiger partial charge in [0.15, 0.2) is 0 Å². The molecule has 0 fully saturated rings. The number of rotatable bonds is 0. The fourth-order valence-electron chi connectivity index (χ4n) is 1.75. The van der Waals surface area contributed by atoms with Gasteiger partial charge in [-0.15, -0.1) is 0 Å². The van der Waals surface area contributed by atoms with Crippen LogP contribution in [0.3, 0.4) is 0 Å². The maximum Gasteiger partial charge on any atom is 0.119 e. The van der Waals surface area contributed by atoms with E-state index in [1.165, 1.54) is 5.56 Å². The first kappa shape index (κ1) is 8.91. The molecule has 0 saturated heterocycles. The first-order valence-electron chi connectivity index (χ1n) is 4.51. The van der Waals surface area contributed by atoms with Crippen molar-refractivity contribution in [1.29, 1.82) is 0 Å². The number of hydrogen-bond donors (Lipinski definition) is 2. The highest BCUT2D eigenvalue weighted by Gasteiger charge is 2.13. The van der Waals surface area contributed by atoms with Crippen molar-refractivity contribution in [3.63, 3.8) is 0 Å². The van der Waals surface area contributed by atoms with E-state index in [9.17, 15) is 5.11 Å². The molecule has 1 aliphatic rings. The molecule has 0 spiro atoms. The van der Waals surface area contributed by atoms with Gasteiger partial charge in [0, 0.05) is 13.1 Å². The Morgan fingerprint density at radius 1 is 1.23 bits per heavy atom. The smallest absolute Gasteiger partial charge is 0.119 e. The first-order valence-corrected chi connectivity index (χ1v) is 4.91. The van der Waals surface area contributed by atoms with E-state index in [4.69, 9.17) is 0 Å². The lowest BCUT2D eigenvalue weighted by atomic mass is 10.0. The minimum atomic E-state index is 0.432. The summed E-state index contributed by atoms with van der Waals surface area (Å²) in [5.74, 6) is 0.432. The van der Waals surface area contributed by atoms with Crippen molar-refractivity contribution in [2.45, 2.75) is 12.8 Å². The average Bonchev–Trinajstić information content (AvgIpc) is 2.30. The SMILES string of the molecule is Oc1cccc2c1CCN(S)CC2. The topological polar surface area (TPSA) is 23.5 Å². The number of nitrogens with zero attached hydrogens (tertiary/aromatic N) is 1. The molecule has 0 atom stereocenters. The van der Waals surface area contributed by atoms with Crippen LogP contribution in [-0.2, 0) is 12.8 Å². The minimum absolute atomic E-state index is 0.432. The second-order valence-electron chi connectivity index (χ2n) is 3.37. The number of hydrogen-bond acceptors (Lipinski definition) is 3. The molecule has 0 aliphatic carbocycles. The third-order valence-corrected chi connectivity index (χ3v) is 2.91. The van der Waals surface area contributed by atoms with E-state index in [-0.39, 0.29) is 0 Å². The van der Waals surface area contributed by atoms with E-state index in [2.05, 4.69) is 18.9 Å². The quantitative estimate of drug-likeness (QED) is 0.615. The molecule has 0 bridgehead atoms. The number of thiol groups is 1. The highest BCUT2D eigenvalue weighted by atomic mass is 32.1. The summed E-state index contributed by atoms with van der Waals surface area (Å²) in [7, 11) is 0. The van der Waals surface area contributed by atoms with Crippen molar-refractivity contribution in [3.8, 4) is 5.75 Å². The summed E-state index contributed by atoms with van der Waals surface area (Å²) in [6, 6.07) is 5.75. The lowest BCUT2D eigenvalue weighted by molar-refractivity contribution is 0.462. The third-order valence-electron chi connectivity index (χ3n) is 2.51. The number of phenolic OH excluding ortho intramolecular Hbond substituents is 1. The van der Waals surface area contributed by atoms with Gasteiger partial charge in [-0.05, 0) is 30.0 Å². The molecule has 2 nitrogen and oxygen atoms in total. The monoisotopic (exact) mass is 195 g/mol. The molecular formula is C10H13NOS. The summed E-state index contributed by atoms with van der Waals surface area (Å²) < 4.78 is 2.00. The molecule has 1 aromatic carbocycles. The van der Waals surface area contributed by atoms with Gasteiger partial charge in [0.1, 0.15) is 5.75 Å². The zero-order chi connectivity index (χ0) is 9.26. The Bertz CT molecular complexity index is 314. The van der Waals surface area contributed by atoms with Gasteiger partial charge >= 0.3 is 0 Å². The molecule has 1 aliphatic heterocycles. The molecule has 0 unspecified atom stereocenters. The van der Waals surface area contributed by atoms with Crippen LogP contribution in [0.4, 0.5) is 0 Å². The van der Waals surface area contributed by atoms with Crippen LogP contribution >= 0.6 is 12.8 Å². The second-order valence-corrected chi connectivity index (χ2v) is 3.93. The van der Waals surface area contributed by atoms with Crippen LogP contribution in [0.5, 0.6) is 5.75 Å². The molecule has 13 heavy (non-hydrogen) atoms. The molecule has 1 aromatic rings. The van der Waals surface area contributed by atoms with Crippen LogP contribution in [0.15, 0.2) is 18.2 Å². The number of fused-ring (bicyclic) bond motifs is 1. The van der Waals surface area contributed by atoms with Crippen molar-refractivity contribution in [3.05, 3.63) is 29.3 Å². The molecule has 70 valence electrons. The van der Waals surface area contributed by atoms with Crippen molar-refractivity contribution < 1.29 is 5.11 Å². The summed E-state index contributed by atoms with van der Waals surface area (Å²) in [5.41, 5.74) is 2.36. The minimum Gasteiger partial charge on any atom is -0.508 e. The molecule has 3 heteroatoms. The highest BCUT2D eigenvalue weighted by molar-refractivity contribution is 7.77. The summed E-state index contributed by atoms with van der Waals surface area (Å²) >= 11 is 4.32. The van der Waals surface area contributed by atoms with Gasteiger partial charge in [-0.2, -0.15) is 0 Å². The number of aromatic hydroxyl groups is 1. The third kappa shape index (κ3) is 1.81. The second kappa shape index (κ2) is 3.60. The predicted octanol–water partition coefficient (Wildman–Crippen LogP) is 1.64. The predicted molar refractivity (Wildman–Crippen MR) is 56.1 cm³/mol. The molecular weight excluding hydrogens is 182 g/mol. The fraction of sp³-hybridized carbons (Fsp3) is 0.400. The normalized spacial score (nSPS) is 17.9. The Morgan fingerprint density at radius 2 is 2.00 bits per heavy atom. The number of benzene rings is 1. The van der Waals surface area contributed by atoms with Crippen molar-refractivity contribution in [2.75, 3.05) is 13.1 Å². The Morgan fingerprint density at radius 3 is 2.85 bits per heavy atom. The molecule has 0 saturated carbocycles. The maximum atomic E-state index is 9.62. The van der Waals surface area contributed by atoms with Crippen molar-refractivity contribution in [1.82, 2.24) is 4.31 Å². The summed E-state index contributed by atoms with van der Waals surface area (Å²) in [6.45, 7) is 1.87. The molecule has 2 rings (SSSR count). The van der Waals surface area contributed by atoms with Gasteiger partial charge < -0.3 is 5.11 Å². The molecule has 0 radical (unpaired) electrons. The van der Waals surface area contributed by atoms with Crippen LogP contribution in [0.2, 0.25) is 0 Å². The summed E-state index contributed by atoms with van der Waals surface area (Å²) in [4.78, 5) is 0. The van der Waals surface area contributed by atoms with E-state index >= 15 is 0 Å². The van der Waals surface area contributed by atoms with E-state index < -0.39 is 0 Å². The highest BCUT2D eigenvalue weighted by Crippen LogP contribution is 2.24. The van der Waals surface area contributed by atoms with Gasteiger partial charge in [0.05, 0.1) is 0 Å². The van der Waals surface area contributed by atoms with Crippen LogP contribution in [0.1, 0.15) is 11.1 Å². The van der Waals surface area contributed by atoms with E-state index in [1.54, 1.807) is 6.07 Å². The van der Waals surface area contributed by atoms with Crippen LogP contribution in [0.25, 0.3) is 0 Å². The first-order chi connectivity index (χ1) is 6.27. The Balaban J connectivity index is 2.35. The average molecular weight is 195 g/mol. The van der Waals surface area contributed by atoms with Crippen LogP contribution < -0.4 is 0 Å². The Hall–Kier alpha value is -0.670. The molecule has 1 N–H and O–H groups in total. The maximum absolute atomic E-state index is 9.62. The lowest BCUT2D eigenvalue weighted by Gasteiger charge is -2.09. The van der Waals surface area contributed by atoms with Gasteiger partial charge in [-0.25, -0.2) is 0 Å². The van der Waals surface area contributed by atoms with Gasteiger partial charge in [-0.3, -0.25) is 4.31 Å². The van der Waals surface area contributed by atoms with E-state index in [0.29, 0.717) is 5.75 Å². The molecule has 1 heterocycles. The Kier molecular flexibility index (Phi) is 2.47. The largest absolute Gasteiger partial charge is 0.508 e. The molecule has 0 aromatic heterocycles. The van der Waals surface area contributed by atoms with Crippen LogP contribution in [-0.4, -0.2) is 22.5 Å². The number of phenols is 1. The van der Waals surface area contributed by atoms with Gasteiger partial charge in [0.2, 0.25) is 0 Å². The zero-order valence-corrected chi connectivity index (χ0v) is 8.30. The lowest BCUT2D eigenvalue weighted by Crippen LogP contribution is -2.14. The summed E-state index contributed by atoms with van der Waals surface area (Å²) in [5, 5.41) is 9.62. The zero-order valence-electron chi connectivity index (χ0n) is 7.40. The standard InChI is InChI=1S/C10H13NOS/c12-10-3-1-2-8-4-6-11(13)7-5-9(8)10/h1-3,12-13H,4-7H2. The fourth-order valence-corrected chi connectivity index (χ4v) is 1.95. The van der Waals surface area contributed by atoms with Crippen molar-refractivity contribution in [2.24, 2.45) is 0 Å². The van der Waals surface area contributed by atoms with E-state index in [0.717, 1.165) is 31.5 Å². The molecule has 0 amide bonds.